The van der Waals surface area contributed by atoms with Crippen molar-refractivity contribution in [1.82, 2.24) is 4.90 Å². The lowest BCUT2D eigenvalue weighted by Gasteiger charge is -2.21. The van der Waals surface area contributed by atoms with Crippen LogP contribution in [0.15, 0.2) is 24.3 Å². The summed E-state index contributed by atoms with van der Waals surface area (Å²) in [6, 6.07) is 8.20. The molecule has 4 nitrogen and oxygen atoms in total. The quantitative estimate of drug-likeness (QED) is 0.862. The van der Waals surface area contributed by atoms with Crippen molar-refractivity contribution in [3.05, 3.63) is 35.4 Å². The summed E-state index contributed by atoms with van der Waals surface area (Å²) in [5.74, 6) is 0. The molecule has 1 atom stereocenters. The molecule has 1 aromatic carbocycles. The first-order valence-electron chi connectivity index (χ1n) is 5.90. The number of hydrogen-bond acceptors (Lipinski definition) is 3. The number of benzene rings is 1. The number of nitrogens with two attached hydrogens (primary N) is 1. The minimum Gasteiger partial charge on any atom is -0.447 e. The summed E-state index contributed by atoms with van der Waals surface area (Å²) in [5, 5.41) is 0. The van der Waals surface area contributed by atoms with Gasteiger partial charge in [0.15, 0.2) is 0 Å². The third-order valence-corrected chi connectivity index (χ3v) is 3.18. The highest BCUT2D eigenvalue weighted by molar-refractivity contribution is 5.70. The van der Waals surface area contributed by atoms with Crippen molar-refractivity contribution in [1.29, 1.82) is 0 Å². The number of nitrogens with zero attached hydrogens (tertiary/aromatic N) is 1. The van der Waals surface area contributed by atoms with Crippen LogP contribution in [-0.2, 0) is 11.3 Å². The van der Waals surface area contributed by atoms with E-state index in [0.717, 1.165) is 12.0 Å². The van der Waals surface area contributed by atoms with Crippen LogP contribution in [0.4, 0.5) is 4.79 Å². The summed E-state index contributed by atoms with van der Waals surface area (Å²) in [4.78, 5) is 13.4. The Kier molecular flexibility index (Phi) is 3.64. The molecular weight excluding hydrogens is 216 g/mol. The Hall–Kier alpha value is -1.55. The minimum absolute atomic E-state index is 0.118. The van der Waals surface area contributed by atoms with Crippen LogP contribution in [0.5, 0.6) is 0 Å². The van der Waals surface area contributed by atoms with E-state index in [1.807, 2.05) is 18.2 Å². The van der Waals surface area contributed by atoms with E-state index in [1.165, 1.54) is 5.56 Å². The Labute approximate surface area is 101 Å². The van der Waals surface area contributed by atoms with E-state index in [-0.39, 0.29) is 12.1 Å². The van der Waals surface area contributed by atoms with Crippen molar-refractivity contribution in [2.24, 2.45) is 5.73 Å². The molecule has 4 heteroatoms. The van der Waals surface area contributed by atoms with Gasteiger partial charge in [0.1, 0.15) is 6.61 Å². The molecule has 17 heavy (non-hydrogen) atoms. The zero-order valence-corrected chi connectivity index (χ0v) is 10.1. The predicted octanol–water partition coefficient (Wildman–Crippen LogP) is 1.66. The lowest BCUT2D eigenvalue weighted by atomic mass is 10.1. The Balaban J connectivity index is 2.11. The Morgan fingerprint density at radius 3 is 2.94 bits per heavy atom. The van der Waals surface area contributed by atoms with E-state index >= 15 is 0 Å². The van der Waals surface area contributed by atoms with Gasteiger partial charge in [0.2, 0.25) is 0 Å². The third kappa shape index (κ3) is 2.58. The van der Waals surface area contributed by atoms with Gasteiger partial charge in [-0.25, -0.2) is 4.79 Å². The number of carbonyl (C=O) groups excluding carboxylic acids is 1. The first-order chi connectivity index (χ1) is 8.22. The minimum atomic E-state index is -0.230. The molecule has 1 unspecified atom stereocenters. The van der Waals surface area contributed by atoms with Gasteiger partial charge in [0.25, 0.3) is 0 Å². The summed E-state index contributed by atoms with van der Waals surface area (Å²) in [6.45, 7) is 3.69. The predicted molar refractivity (Wildman–Crippen MR) is 65.5 cm³/mol. The molecule has 0 aromatic heterocycles. The van der Waals surface area contributed by atoms with Gasteiger partial charge in [-0.05, 0) is 31.0 Å². The molecule has 0 radical (unpaired) electrons. The number of aryl methyl sites for hydroxylation is 1. The molecule has 2 N–H and O–H groups in total. The number of hydrogen-bond donors (Lipinski definition) is 1. The molecule has 1 aromatic rings. The molecule has 1 fully saturated rings. The highest BCUT2D eigenvalue weighted by atomic mass is 16.6. The molecule has 0 saturated carbocycles. The summed E-state index contributed by atoms with van der Waals surface area (Å²) in [7, 11) is 0. The molecular formula is C13H18N2O2. The summed E-state index contributed by atoms with van der Waals surface area (Å²) < 4.78 is 5.07. The molecule has 1 aliphatic heterocycles. The standard InChI is InChI=1S/C13H18N2O2/c1-10-4-2-3-5-11(10)8-15-12(6-7-14)9-17-13(15)16/h2-5,12H,6-9,14H2,1H3. The Bertz CT molecular complexity index is 406. The third-order valence-electron chi connectivity index (χ3n) is 3.18. The fourth-order valence-electron chi connectivity index (χ4n) is 2.09. The van der Waals surface area contributed by atoms with Gasteiger partial charge in [-0.2, -0.15) is 0 Å². The van der Waals surface area contributed by atoms with Gasteiger partial charge < -0.3 is 10.5 Å². The number of amides is 1. The van der Waals surface area contributed by atoms with Crippen LogP contribution in [0.25, 0.3) is 0 Å². The van der Waals surface area contributed by atoms with Crippen molar-refractivity contribution in [3.8, 4) is 0 Å². The second-order valence-corrected chi connectivity index (χ2v) is 4.36. The zero-order valence-electron chi connectivity index (χ0n) is 10.1. The van der Waals surface area contributed by atoms with Crippen LogP contribution in [-0.4, -0.2) is 30.2 Å². The van der Waals surface area contributed by atoms with Gasteiger partial charge in [0.05, 0.1) is 6.04 Å². The van der Waals surface area contributed by atoms with E-state index in [0.29, 0.717) is 19.7 Å². The van der Waals surface area contributed by atoms with Crippen LogP contribution >= 0.6 is 0 Å². The van der Waals surface area contributed by atoms with Gasteiger partial charge in [-0.15, -0.1) is 0 Å². The first kappa shape index (κ1) is 11.9. The number of ether oxygens (including phenoxy) is 1. The van der Waals surface area contributed by atoms with Crippen molar-refractivity contribution >= 4 is 6.09 Å². The summed E-state index contributed by atoms with van der Waals surface area (Å²) >= 11 is 0. The van der Waals surface area contributed by atoms with E-state index in [2.05, 4.69) is 13.0 Å². The maximum Gasteiger partial charge on any atom is 0.410 e. The second-order valence-electron chi connectivity index (χ2n) is 4.36. The van der Waals surface area contributed by atoms with Crippen molar-refractivity contribution < 1.29 is 9.53 Å². The highest BCUT2D eigenvalue weighted by Crippen LogP contribution is 2.20. The summed E-state index contributed by atoms with van der Waals surface area (Å²) in [5.41, 5.74) is 7.90. The molecule has 0 bridgehead atoms. The second kappa shape index (κ2) is 5.19. The topological polar surface area (TPSA) is 55.6 Å². The largest absolute Gasteiger partial charge is 0.447 e. The van der Waals surface area contributed by atoms with Gasteiger partial charge in [-0.3, -0.25) is 4.90 Å². The maximum absolute atomic E-state index is 11.6. The average Bonchev–Trinajstić information content (AvgIpc) is 2.65. The lowest BCUT2D eigenvalue weighted by Crippen LogP contribution is -2.34. The monoisotopic (exact) mass is 234 g/mol. The van der Waals surface area contributed by atoms with Gasteiger partial charge in [0, 0.05) is 6.54 Å². The molecule has 0 spiro atoms. The van der Waals surface area contributed by atoms with Crippen LogP contribution in [0.1, 0.15) is 17.5 Å². The molecule has 1 aliphatic rings. The smallest absolute Gasteiger partial charge is 0.410 e. The zero-order chi connectivity index (χ0) is 12.3. The normalized spacial score (nSPS) is 19.5. The maximum atomic E-state index is 11.6. The number of rotatable bonds is 4. The number of carbonyl (C=O) groups is 1. The van der Waals surface area contributed by atoms with E-state index in [9.17, 15) is 4.79 Å². The van der Waals surface area contributed by atoms with Crippen LogP contribution in [0.3, 0.4) is 0 Å². The highest BCUT2D eigenvalue weighted by Gasteiger charge is 2.32. The van der Waals surface area contributed by atoms with Gasteiger partial charge in [-0.1, -0.05) is 24.3 Å². The van der Waals surface area contributed by atoms with Crippen molar-refractivity contribution in [2.45, 2.75) is 25.9 Å². The van der Waals surface area contributed by atoms with Crippen LogP contribution in [0.2, 0.25) is 0 Å². The van der Waals surface area contributed by atoms with Crippen LogP contribution in [0, 0.1) is 6.92 Å². The van der Waals surface area contributed by atoms with Crippen molar-refractivity contribution in [3.63, 3.8) is 0 Å². The fraction of sp³-hybridized carbons (Fsp3) is 0.462. The van der Waals surface area contributed by atoms with E-state index < -0.39 is 0 Å². The summed E-state index contributed by atoms with van der Waals surface area (Å²) in [6.07, 6.45) is 0.559. The van der Waals surface area contributed by atoms with Gasteiger partial charge >= 0.3 is 6.09 Å². The molecule has 1 heterocycles. The number of cyclic esters (lactones) is 1. The average molecular weight is 234 g/mol. The molecule has 92 valence electrons. The SMILES string of the molecule is Cc1ccccc1CN1C(=O)OCC1CCN. The Morgan fingerprint density at radius 2 is 2.24 bits per heavy atom. The fourth-order valence-corrected chi connectivity index (χ4v) is 2.09. The molecule has 1 amide bonds. The van der Waals surface area contributed by atoms with E-state index in [4.69, 9.17) is 10.5 Å². The Morgan fingerprint density at radius 1 is 1.47 bits per heavy atom. The molecule has 2 rings (SSSR count). The molecule has 1 saturated heterocycles. The lowest BCUT2D eigenvalue weighted by molar-refractivity contribution is 0.156. The molecule has 0 aliphatic carbocycles. The van der Waals surface area contributed by atoms with Crippen LogP contribution < -0.4 is 5.73 Å². The first-order valence-corrected chi connectivity index (χ1v) is 5.90. The van der Waals surface area contributed by atoms with Crippen molar-refractivity contribution in [2.75, 3.05) is 13.2 Å². The van der Waals surface area contributed by atoms with E-state index in [1.54, 1.807) is 4.90 Å².